The third-order valence-corrected chi connectivity index (χ3v) is 3.42. The van der Waals surface area contributed by atoms with Crippen molar-refractivity contribution in [2.45, 2.75) is 12.2 Å². The Morgan fingerprint density at radius 3 is 2.31 bits per heavy atom. The van der Waals surface area contributed by atoms with Crippen LogP contribution in [0.3, 0.4) is 0 Å². The molecule has 0 spiro atoms. The Kier molecular flexibility index (Phi) is 4.87. The fraction of sp³-hybridized carbons (Fsp3) is 0.118. The summed E-state index contributed by atoms with van der Waals surface area (Å²) in [6.45, 7) is 0. The quantitative estimate of drug-likeness (QED) is 0.775. The molecule has 0 saturated heterocycles. The summed E-state index contributed by atoms with van der Waals surface area (Å²) in [5.74, 6) is -0.637. The molecule has 9 heteroatoms. The molecule has 0 radical (unpaired) electrons. The van der Waals surface area contributed by atoms with Crippen LogP contribution in [0, 0.1) is 0 Å². The second-order valence-electron chi connectivity index (χ2n) is 5.24. The van der Waals surface area contributed by atoms with Gasteiger partial charge in [0.2, 0.25) is 0 Å². The summed E-state index contributed by atoms with van der Waals surface area (Å²) in [5.41, 5.74) is 0.227. The van der Waals surface area contributed by atoms with Gasteiger partial charge in [0.25, 0.3) is 5.91 Å². The number of carbonyl (C=O) groups excluding carboxylic acids is 1. The lowest BCUT2D eigenvalue weighted by Gasteiger charge is -2.21. The number of hydrogen-bond acceptors (Lipinski definition) is 5. The van der Waals surface area contributed by atoms with Crippen molar-refractivity contribution >= 4 is 5.91 Å². The molecule has 0 aliphatic carbocycles. The molecule has 0 fully saturated rings. The largest absolute Gasteiger partial charge is 0.414 e. The molecule has 0 bridgehead atoms. The number of nitrogens with zero attached hydrogens (tertiary/aromatic N) is 4. The van der Waals surface area contributed by atoms with Gasteiger partial charge in [-0.05, 0) is 24.3 Å². The van der Waals surface area contributed by atoms with Crippen LogP contribution in [-0.2, 0) is 0 Å². The van der Waals surface area contributed by atoms with E-state index in [4.69, 9.17) is 0 Å². The lowest BCUT2D eigenvalue weighted by molar-refractivity contribution is -0.156. The van der Waals surface area contributed by atoms with Gasteiger partial charge in [0.05, 0.1) is 11.3 Å². The highest BCUT2D eigenvalue weighted by Gasteiger charge is 2.43. The first-order valence-electron chi connectivity index (χ1n) is 7.46. The van der Waals surface area contributed by atoms with E-state index >= 15 is 0 Å². The molecule has 1 amide bonds. The van der Waals surface area contributed by atoms with Crippen LogP contribution in [0.4, 0.5) is 13.2 Å². The first kappa shape index (κ1) is 17.5. The van der Waals surface area contributed by atoms with Gasteiger partial charge < -0.3 is 5.32 Å². The number of aromatic nitrogens is 4. The van der Waals surface area contributed by atoms with Crippen LogP contribution in [-0.4, -0.2) is 32.0 Å². The first-order chi connectivity index (χ1) is 12.4. The fourth-order valence-corrected chi connectivity index (χ4v) is 2.17. The van der Waals surface area contributed by atoms with Gasteiger partial charge in [-0.3, -0.25) is 14.8 Å². The van der Waals surface area contributed by atoms with Crippen LogP contribution in [0.2, 0.25) is 0 Å². The number of rotatable bonds is 4. The zero-order chi connectivity index (χ0) is 18.6. The van der Waals surface area contributed by atoms with Gasteiger partial charge in [0, 0.05) is 36.5 Å². The van der Waals surface area contributed by atoms with Crippen LogP contribution in [0.1, 0.15) is 22.1 Å². The Morgan fingerprint density at radius 2 is 1.73 bits per heavy atom. The van der Waals surface area contributed by atoms with Crippen molar-refractivity contribution in [3.63, 3.8) is 0 Å². The van der Waals surface area contributed by atoms with E-state index in [9.17, 15) is 18.0 Å². The topological polar surface area (TPSA) is 80.7 Å². The third-order valence-electron chi connectivity index (χ3n) is 3.42. The SMILES string of the molecule is O=C(N[C@@H](c1ccccn1)C(F)(F)F)c1cnc(-c2cccnc2)nc1. The van der Waals surface area contributed by atoms with E-state index in [1.807, 2.05) is 5.32 Å². The fourth-order valence-electron chi connectivity index (χ4n) is 2.17. The molecule has 3 aromatic heterocycles. The minimum Gasteiger partial charge on any atom is -0.335 e. The Morgan fingerprint density at radius 1 is 0.962 bits per heavy atom. The van der Waals surface area contributed by atoms with Crippen LogP contribution in [0.25, 0.3) is 11.4 Å². The number of carbonyl (C=O) groups is 1. The maximum absolute atomic E-state index is 13.3. The molecule has 3 heterocycles. The Balaban J connectivity index is 1.80. The summed E-state index contributed by atoms with van der Waals surface area (Å²) in [5, 5.41) is 1.93. The van der Waals surface area contributed by atoms with Crippen molar-refractivity contribution in [3.05, 3.63) is 72.6 Å². The van der Waals surface area contributed by atoms with E-state index < -0.39 is 18.1 Å². The van der Waals surface area contributed by atoms with Crippen LogP contribution < -0.4 is 5.32 Å². The molecule has 0 saturated carbocycles. The zero-order valence-corrected chi connectivity index (χ0v) is 13.2. The van der Waals surface area contributed by atoms with Gasteiger partial charge in [0.1, 0.15) is 0 Å². The molecule has 1 atom stereocenters. The van der Waals surface area contributed by atoms with Gasteiger partial charge in [-0.15, -0.1) is 0 Å². The average molecular weight is 359 g/mol. The molecule has 0 aromatic carbocycles. The van der Waals surface area contributed by atoms with Crippen LogP contribution in [0.15, 0.2) is 61.3 Å². The molecule has 26 heavy (non-hydrogen) atoms. The van der Waals surface area contributed by atoms with Gasteiger partial charge in [-0.25, -0.2) is 9.97 Å². The molecular weight excluding hydrogens is 347 g/mol. The Hall–Kier alpha value is -3.36. The maximum atomic E-state index is 13.3. The number of hydrogen-bond donors (Lipinski definition) is 1. The van der Waals surface area contributed by atoms with E-state index in [1.54, 1.807) is 18.3 Å². The Labute approximate surface area is 146 Å². The maximum Gasteiger partial charge on any atom is 0.414 e. The molecule has 0 aliphatic rings. The van der Waals surface area contributed by atoms with Gasteiger partial charge in [0.15, 0.2) is 11.9 Å². The molecule has 1 N–H and O–H groups in total. The van der Waals surface area contributed by atoms with Crippen molar-refractivity contribution in [1.29, 1.82) is 0 Å². The summed E-state index contributed by atoms with van der Waals surface area (Å²) >= 11 is 0. The second-order valence-corrected chi connectivity index (χ2v) is 5.24. The zero-order valence-electron chi connectivity index (χ0n) is 13.2. The van der Waals surface area contributed by atoms with Crippen LogP contribution >= 0.6 is 0 Å². The number of nitrogens with one attached hydrogen (secondary N) is 1. The number of halogens is 3. The van der Waals surface area contributed by atoms with Crippen molar-refractivity contribution in [2.75, 3.05) is 0 Å². The summed E-state index contributed by atoms with van der Waals surface area (Å²) < 4.78 is 39.8. The second kappa shape index (κ2) is 7.26. The standard InChI is InChI=1S/C17H12F3N5O/c18-17(19,20)14(13-5-1-2-7-22-13)25-16(26)12-9-23-15(24-10-12)11-4-3-6-21-8-11/h1-10,14H,(H,25,26)/t14-/m0/s1. The molecule has 132 valence electrons. The molecular formula is C17H12F3N5O. The number of pyridine rings is 2. The first-order valence-corrected chi connectivity index (χ1v) is 7.46. The summed E-state index contributed by atoms with van der Waals surface area (Å²) in [4.78, 5) is 27.8. The highest BCUT2D eigenvalue weighted by atomic mass is 19.4. The van der Waals surface area contributed by atoms with Crippen molar-refractivity contribution < 1.29 is 18.0 Å². The van der Waals surface area contributed by atoms with Crippen molar-refractivity contribution in [2.24, 2.45) is 0 Å². The monoisotopic (exact) mass is 359 g/mol. The molecule has 0 unspecified atom stereocenters. The highest BCUT2D eigenvalue weighted by molar-refractivity contribution is 5.94. The van der Waals surface area contributed by atoms with E-state index in [2.05, 4.69) is 19.9 Å². The van der Waals surface area contributed by atoms with Crippen LogP contribution in [0.5, 0.6) is 0 Å². The molecule has 0 aliphatic heterocycles. The predicted octanol–water partition coefficient (Wildman–Crippen LogP) is 2.97. The normalized spacial score (nSPS) is 12.4. The third kappa shape index (κ3) is 4.00. The minimum absolute atomic E-state index is 0.0946. The molecule has 3 aromatic rings. The van der Waals surface area contributed by atoms with E-state index in [1.165, 1.54) is 30.6 Å². The summed E-state index contributed by atoms with van der Waals surface area (Å²) in [6, 6.07) is 5.29. The van der Waals surface area contributed by atoms with Gasteiger partial charge in [-0.2, -0.15) is 13.2 Å². The minimum atomic E-state index is -4.69. The van der Waals surface area contributed by atoms with Crippen molar-refractivity contribution in [1.82, 2.24) is 25.3 Å². The Bertz CT molecular complexity index is 870. The summed E-state index contributed by atoms with van der Waals surface area (Å²) in [6.07, 6.45) is 1.98. The average Bonchev–Trinajstić information content (AvgIpc) is 2.66. The van der Waals surface area contributed by atoms with Gasteiger partial charge in [-0.1, -0.05) is 6.07 Å². The molecule has 3 rings (SSSR count). The van der Waals surface area contributed by atoms with E-state index in [-0.39, 0.29) is 11.3 Å². The van der Waals surface area contributed by atoms with Gasteiger partial charge >= 0.3 is 6.18 Å². The summed E-state index contributed by atoms with van der Waals surface area (Å²) in [7, 11) is 0. The van der Waals surface area contributed by atoms with E-state index in [0.717, 1.165) is 12.4 Å². The number of amides is 1. The smallest absolute Gasteiger partial charge is 0.335 e. The number of alkyl halides is 3. The predicted molar refractivity (Wildman–Crippen MR) is 85.8 cm³/mol. The van der Waals surface area contributed by atoms with Crippen molar-refractivity contribution in [3.8, 4) is 11.4 Å². The molecule has 6 nitrogen and oxygen atoms in total. The lowest BCUT2D eigenvalue weighted by atomic mass is 10.1. The highest BCUT2D eigenvalue weighted by Crippen LogP contribution is 2.31. The van der Waals surface area contributed by atoms with E-state index in [0.29, 0.717) is 11.4 Å². The lowest BCUT2D eigenvalue weighted by Crippen LogP contribution is -2.38.